The second-order valence-electron chi connectivity index (χ2n) is 7.14. The predicted molar refractivity (Wildman–Crippen MR) is 91.4 cm³/mol. The lowest BCUT2D eigenvalue weighted by Crippen LogP contribution is -2.49. The number of hydrogen-bond donors (Lipinski definition) is 1. The van der Waals surface area contributed by atoms with Crippen LogP contribution in [0.1, 0.15) is 26.3 Å². The molecule has 0 atom stereocenters. The van der Waals surface area contributed by atoms with Gasteiger partial charge in [-0.2, -0.15) is 0 Å². The average Bonchev–Trinajstić information content (AvgIpc) is 2.94. The summed E-state index contributed by atoms with van der Waals surface area (Å²) in [5.74, 6) is 0. The fourth-order valence-corrected chi connectivity index (χ4v) is 2.87. The second kappa shape index (κ2) is 6.24. The van der Waals surface area contributed by atoms with E-state index in [4.69, 9.17) is 4.74 Å². The normalized spacial score (nSPS) is 16.7. The lowest BCUT2D eigenvalue weighted by molar-refractivity contribution is 0.0139. The molecular formula is C18H25N3O2. The van der Waals surface area contributed by atoms with Crippen LogP contribution in [0.4, 0.5) is 4.79 Å². The van der Waals surface area contributed by atoms with Crippen molar-refractivity contribution in [3.8, 4) is 0 Å². The van der Waals surface area contributed by atoms with Gasteiger partial charge in [0.25, 0.3) is 0 Å². The Morgan fingerprint density at radius 2 is 1.91 bits per heavy atom. The van der Waals surface area contributed by atoms with Crippen molar-refractivity contribution < 1.29 is 9.53 Å². The molecule has 23 heavy (non-hydrogen) atoms. The average molecular weight is 315 g/mol. The first kappa shape index (κ1) is 15.9. The maximum absolute atomic E-state index is 12.1. The number of hydrogen-bond acceptors (Lipinski definition) is 3. The van der Waals surface area contributed by atoms with Gasteiger partial charge in [-0.15, -0.1) is 0 Å². The Hall–Kier alpha value is -2.01. The number of aromatic amines is 1. The number of piperazine rings is 1. The molecule has 5 heteroatoms. The number of carbonyl (C=O) groups excluding carboxylic acids is 1. The molecule has 0 unspecified atom stereocenters. The van der Waals surface area contributed by atoms with Crippen molar-refractivity contribution in [2.75, 3.05) is 26.2 Å². The molecule has 1 aromatic heterocycles. The van der Waals surface area contributed by atoms with Gasteiger partial charge in [0.15, 0.2) is 0 Å². The SMILES string of the molecule is CC(C)(C)OC(=O)N1CCN(Cc2ccc3cc[nH]c3c2)CC1. The van der Waals surface area contributed by atoms with E-state index in [0.29, 0.717) is 0 Å². The van der Waals surface area contributed by atoms with Crippen molar-refractivity contribution in [3.05, 3.63) is 36.0 Å². The highest BCUT2D eigenvalue weighted by Gasteiger charge is 2.25. The minimum atomic E-state index is -0.431. The van der Waals surface area contributed by atoms with Crippen LogP contribution in [0.5, 0.6) is 0 Å². The first-order chi connectivity index (χ1) is 10.9. The molecule has 1 N–H and O–H groups in total. The molecule has 0 bridgehead atoms. The number of benzene rings is 1. The van der Waals surface area contributed by atoms with E-state index >= 15 is 0 Å². The minimum absolute atomic E-state index is 0.204. The Morgan fingerprint density at radius 3 is 2.61 bits per heavy atom. The number of nitrogens with zero attached hydrogens (tertiary/aromatic N) is 2. The van der Waals surface area contributed by atoms with Crippen LogP contribution in [-0.2, 0) is 11.3 Å². The number of aromatic nitrogens is 1. The predicted octanol–water partition coefficient (Wildman–Crippen LogP) is 3.22. The maximum atomic E-state index is 12.1. The van der Waals surface area contributed by atoms with Crippen LogP contribution >= 0.6 is 0 Å². The number of fused-ring (bicyclic) bond motifs is 1. The fourth-order valence-electron chi connectivity index (χ4n) is 2.87. The van der Waals surface area contributed by atoms with Gasteiger partial charge >= 0.3 is 6.09 Å². The topological polar surface area (TPSA) is 48.6 Å². The van der Waals surface area contributed by atoms with Crippen LogP contribution in [0, 0.1) is 0 Å². The fraction of sp³-hybridized carbons (Fsp3) is 0.500. The van der Waals surface area contributed by atoms with E-state index in [-0.39, 0.29) is 6.09 Å². The first-order valence-corrected chi connectivity index (χ1v) is 8.17. The number of amides is 1. The van der Waals surface area contributed by atoms with E-state index in [2.05, 4.69) is 34.1 Å². The molecular weight excluding hydrogens is 290 g/mol. The van der Waals surface area contributed by atoms with Crippen LogP contribution in [0.3, 0.4) is 0 Å². The number of ether oxygens (including phenoxy) is 1. The van der Waals surface area contributed by atoms with E-state index in [1.54, 1.807) is 4.90 Å². The van der Waals surface area contributed by atoms with Crippen LogP contribution in [0.2, 0.25) is 0 Å². The number of rotatable bonds is 2. The van der Waals surface area contributed by atoms with Gasteiger partial charge in [0.05, 0.1) is 0 Å². The van der Waals surface area contributed by atoms with Crippen LogP contribution in [0.15, 0.2) is 30.5 Å². The molecule has 0 spiro atoms. The largest absolute Gasteiger partial charge is 0.444 e. The Bertz CT molecular complexity index is 679. The number of carbonyl (C=O) groups is 1. The lowest BCUT2D eigenvalue weighted by atomic mass is 10.1. The van der Waals surface area contributed by atoms with E-state index in [1.807, 2.05) is 27.0 Å². The summed E-state index contributed by atoms with van der Waals surface area (Å²) in [6.45, 7) is 9.81. The highest BCUT2D eigenvalue weighted by molar-refractivity contribution is 5.79. The molecule has 1 aliphatic rings. The third-order valence-electron chi connectivity index (χ3n) is 4.05. The second-order valence-corrected chi connectivity index (χ2v) is 7.14. The molecule has 2 aromatic rings. The Labute approximate surface area is 137 Å². The Kier molecular flexibility index (Phi) is 4.31. The molecule has 2 heterocycles. The van der Waals surface area contributed by atoms with Gasteiger partial charge in [-0.25, -0.2) is 4.79 Å². The smallest absolute Gasteiger partial charge is 0.410 e. The molecule has 1 amide bonds. The number of nitrogens with one attached hydrogen (secondary N) is 1. The zero-order valence-electron chi connectivity index (χ0n) is 14.1. The monoisotopic (exact) mass is 315 g/mol. The van der Waals surface area contributed by atoms with Gasteiger partial charge in [-0.05, 0) is 43.9 Å². The number of H-pyrrole nitrogens is 1. The van der Waals surface area contributed by atoms with E-state index in [9.17, 15) is 4.79 Å². The van der Waals surface area contributed by atoms with Crippen molar-refractivity contribution in [2.45, 2.75) is 32.9 Å². The van der Waals surface area contributed by atoms with Gasteiger partial charge < -0.3 is 14.6 Å². The highest BCUT2D eigenvalue weighted by Crippen LogP contribution is 2.17. The zero-order valence-corrected chi connectivity index (χ0v) is 14.1. The molecule has 0 radical (unpaired) electrons. The zero-order chi connectivity index (χ0) is 16.4. The molecule has 3 rings (SSSR count). The van der Waals surface area contributed by atoms with Crippen molar-refractivity contribution in [3.63, 3.8) is 0 Å². The summed E-state index contributed by atoms with van der Waals surface area (Å²) in [7, 11) is 0. The molecule has 5 nitrogen and oxygen atoms in total. The summed E-state index contributed by atoms with van der Waals surface area (Å²) in [5.41, 5.74) is 2.04. The van der Waals surface area contributed by atoms with Crippen molar-refractivity contribution in [1.29, 1.82) is 0 Å². The maximum Gasteiger partial charge on any atom is 0.410 e. The van der Waals surface area contributed by atoms with Crippen molar-refractivity contribution in [1.82, 2.24) is 14.8 Å². The molecule has 0 saturated carbocycles. The van der Waals surface area contributed by atoms with Crippen LogP contribution in [0.25, 0.3) is 10.9 Å². The summed E-state index contributed by atoms with van der Waals surface area (Å²) >= 11 is 0. The molecule has 1 aromatic carbocycles. The van der Waals surface area contributed by atoms with Gasteiger partial charge in [-0.3, -0.25) is 4.90 Å². The Balaban J connectivity index is 1.53. The van der Waals surface area contributed by atoms with Crippen LogP contribution in [-0.4, -0.2) is 52.7 Å². The third kappa shape index (κ3) is 4.05. The summed E-state index contributed by atoms with van der Waals surface area (Å²) in [4.78, 5) is 19.5. The highest BCUT2D eigenvalue weighted by atomic mass is 16.6. The molecule has 1 aliphatic heterocycles. The van der Waals surface area contributed by atoms with E-state index in [1.165, 1.54) is 16.5 Å². The molecule has 1 saturated heterocycles. The van der Waals surface area contributed by atoms with Gasteiger partial charge in [0, 0.05) is 44.4 Å². The summed E-state index contributed by atoms with van der Waals surface area (Å²) < 4.78 is 5.43. The third-order valence-corrected chi connectivity index (χ3v) is 4.05. The van der Waals surface area contributed by atoms with E-state index < -0.39 is 5.60 Å². The van der Waals surface area contributed by atoms with Gasteiger partial charge in [-0.1, -0.05) is 12.1 Å². The first-order valence-electron chi connectivity index (χ1n) is 8.17. The summed E-state index contributed by atoms with van der Waals surface area (Å²) in [6, 6.07) is 8.61. The van der Waals surface area contributed by atoms with Crippen molar-refractivity contribution >= 4 is 17.0 Å². The van der Waals surface area contributed by atoms with Crippen LogP contribution < -0.4 is 0 Å². The molecule has 0 aliphatic carbocycles. The van der Waals surface area contributed by atoms with Gasteiger partial charge in [0.1, 0.15) is 5.60 Å². The Morgan fingerprint density at radius 1 is 1.17 bits per heavy atom. The van der Waals surface area contributed by atoms with Crippen molar-refractivity contribution in [2.24, 2.45) is 0 Å². The summed E-state index contributed by atoms with van der Waals surface area (Å²) in [5, 5.41) is 1.24. The quantitative estimate of drug-likeness (QED) is 0.925. The minimum Gasteiger partial charge on any atom is -0.444 e. The lowest BCUT2D eigenvalue weighted by Gasteiger charge is -2.35. The van der Waals surface area contributed by atoms with Gasteiger partial charge in [0.2, 0.25) is 0 Å². The summed E-state index contributed by atoms with van der Waals surface area (Å²) in [6.07, 6.45) is 1.76. The molecule has 1 fully saturated rings. The van der Waals surface area contributed by atoms with E-state index in [0.717, 1.165) is 32.7 Å². The molecule has 124 valence electrons. The standard InChI is InChI=1S/C18H25N3O2/c1-18(2,3)23-17(22)21-10-8-20(9-11-21)13-14-4-5-15-6-7-19-16(15)12-14/h4-7,12,19H,8-11,13H2,1-3H3.